The first-order chi connectivity index (χ1) is 17.0. The van der Waals surface area contributed by atoms with E-state index in [0.717, 1.165) is 18.4 Å². The lowest BCUT2D eigenvalue weighted by Crippen LogP contribution is -2.44. The standard InChI is InChI=1S/C25H24FN7O2/c1-15-5-6-18(13-33(15)16(2)34)24-30-22(17-4-3-7-27-12-17)11-23(31-24)29-21-9-19(8-20(26)10-21)25-32-28-14-35-25/h3-4,7-12,14-15,18H,5-6,13H2,1-2H3,(H,29,30,31)/t15-,18+/m0/s1. The van der Waals surface area contributed by atoms with Crippen LogP contribution in [0.3, 0.4) is 0 Å². The van der Waals surface area contributed by atoms with Gasteiger partial charge >= 0.3 is 0 Å². The topological polar surface area (TPSA) is 110 Å². The number of rotatable bonds is 5. The van der Waals surface area contributed by atoms with E-state index in [9.17, 15) is 9.18 Å². The van der Waals surface area contributed by atoms with Crippen LogP contribution in [0.15, 0.2) is 59.6 Å². The maximum atomic E-state index is 14.4. The van der Waals surface area contributed by atoms with Crippen LogP contribution in [0.1, 0.15) is 38.4 Å². The fraction of sp³-hybridized carbons (Fsp3) is 0.280. The Labute approximate surface area is 201 Å². The van der Waals surface area contributed by atoms with E-state index < -0.39 is 5.82 Å². The summed E-state index contributed by atoms with van der Waals surface area (Å²) in [4.78, 5) is 27.8. The number of anilines is 2. The van der Waals surface area contributed by atoms with Gasteiger partial charge in [-0.15, -0.1) is 10.2 Å². The molecule has 5 rings (SSSR count). The lowest BCUT2D eigenvalue weighted by atomic mass is 9.92. The molecule has 10 heteroatoms. The van der Waals surface area contributed by atoms with Gasteiger partial charge in [-0.25, -0.2) is 14.4 Å². The minimum atomic E-state index is -0.455. The molecule has 35 heavy (non-hydrogen) atoms. The first kappa shape index (κ1) is 22.6. The smallest absolute Gasteiger partial charge is 0.247 e. The van der Waals surface area contributed by atoms with Crippen LogP contribution in [0, 0.1) is 5.82 Å². The van der Waals surface area contributed by atoms with Gasteiger partial charge < -0.3 is 14.6 Å². The number of halogens is 1. The van der Waals surface area contributed by atoms with Crippen molar-refractivity contribution in [2.24, 2.45) is 0 Å². The minimum Gasteiger partial charge on any atom is -0.423 e. The molecule has 1 saturated heterocycles. The Morgan fingerprint density at radius 2 is 2.06 bits per heavy atom. The third-order valence-corrected chi connectivity index (χ3v) is 6.13. The number of benzene rings is 1. The molecular weight excluding hydrogens is 449 g/mol. The van der Waals surface area contributed by atoms with Gasteiger partial charge in [0.15, 0.2) is 0 Å². The van der Waals surface area contributed by atoms with Crippen molar-refractivity contribution in [1.29, 1.82) is 0 Å². The quantitative estimate of drug-likeness (QED) is 0.448. The second-order valence-corrected chi connectivity index (χ2v) is 8.63. The van der Waals surface area contributed by atoms with Crippen LogP contribution in [0.5, 0.6) is 0 Å². The Balaban J connectivity index is 1.52. The zero-order chi connectivity index (χ0) is 24.4. The van der Waals surface area contributed by atoms with Gasteiger partial charge in [0, 0.05) is 60.7 Å². The monoisotopic (exact) mass is 473 g/mol. The number of likely N-dealkylation sites (tertiary alicyclic amines) is 1. The van der Waals surface area contributed by atoms with Gasteiger partial charge in [0.1, 0.15) is 17.5 Å². The number of hydrogen-bond donors (Lipinski definition) is 1. The predicted octanol–water partition coefficient (Wildman–Crippen LogP) is 4.59. The summed E-state index contributed by atoms with van der Waals surface area (Å²) in [7, 11) is 0. The molecule has 1 aromatic carbocycles. The van der Waals surface area contributed by atoms with Crippen molar-refractivity contribution in [3.05, 3.63) is 66.8 Å². The molecule has 1 fully saturated rings. The van der Waals surface area contributed by atoms with Crippen LogP contribution in [-0.2, 0) is 4.79 Å². The summed E-state index contributed by atoms with van der Waals surface area (Å²) in [6, 6.07) is 10.1. The Kier molecular flexibility index (Phi) is 6.17. The minimum absolute atomic E-state index is 0.0197. The summed E-state index contributed by atoms with van der Waals surface area (Å²) < 4.78 is 19.6. The van der Waals surface area contributed by atoms with Gasteiger partial charge in [0.2, 0.25) is 18.2 Å². The number of carbonyl (C=O) groups excluding carboxylic acids is 1. The molecule has 0 spiro atoms. The summed E-state index contributed by atoms with van der Waals surface area (Å²) in [6.07, 6.45) is 6.35. The molecule has 178 valence electrons. The van der Waals surface area contributed by atoms with Crippen molar-refractivity contribution >= 4 is 17.4 Å². The Morgan fingerprint density at radius 3 is 2.80 bits per heavy atom. The molecule has 0 unspecified atom stereocenters. The van der Waals surface area contributed by atoms with Gasteiger partial charge in [-0.05, 0) is 50.1 Å². The van der Waals surface area contributed by atoms with Crippen molar-refractivity contribution in [2.45, 2.75) is 38.6 Å². The van der Waals surface area contributed by atoms with Gasteiger partial charge in [0.25, 0.3) is 0 Å². The molecule has 1 N–H and O–H groups in total. The van der Waals surface area contributed by atoms with Gasteiger partial charge in [-0.1, -0.05) is 0 Å². The van der Waals surface area contributed by atoms with Crippen LogP contribution in [0.4, 0.5) is 15.9 Å². The average Bonchev–Trinajstić information content (AvgIpc) is 3.39. The van der Waals surface area contributed by atoms with Crippen LogP contribution in [0.2, 0.25) is 0 Å². The predicted molar refractivity (Wildman–Crippen MR) is 127 cm³/mol. The lowest BCUT2D eigenvalue weighted by molar-refractivity contribution is -0.132. The van der Waals surface area contributed by atoms with Crippen molar-refractivity contribution in [2.75, 3.05) is 11.9 Å². The molecule has 4 heterocycles. The highest BCUT2D eigenvalue weighted by molar-refractivity contribution is 5.74. The maximum absolute atomic E-state index is 14.4. The van der Waals surface area contributed by atoms with E-state index in [2.05, 4.69) is 27.4 Å². The van der Waals surface area contributed by atoms with E-state index in [1.54, 1.807) is 31.5 Å². The van der Waals surface area contributed by atoms with Gasteiger partial charge in [-0.2, -0.15) is 0 Å². The van der Waals surface area contributed by atoms with Crippen molar-refractivity contribution < 1.29 is 13.6 Å². The SMILES string of the molecule is CC(=O)N1C[C@H](c2nc(Nc3cc(F)cc(-c4nnco4)c3)cc(-c3cccnc3)n2)CC[C@@H]1C. The number of aromatic nitrogens is 5. The van der Waals surface area contributed by atoms with E-state index in [1.807, 2.05) is 17.0 Å². The fourth-order valence-corrected chi connectivity index (χ4v) is 4.36. The third-order valence-electron chi connectivity index (χ3n) is 6.13. The number of nitrogens with one attached hydrogen (secondary N) is 1. The molecule has 0 bridgehead atoms. The Hall–Kier alpha value is -4.21. The van der Waals surface area contributed by atoms with Gasteiger partial charge in [-0.3, -0.25) is 9.78 Å². The summed E-state index contributed by atoms with van der Waals surface area (Å²) in [5.41, 5.74) is 2.44. The zero-order valence-corrected chi connectivity index (χ0v) is 19.3. The molecule has 3 aromatic heterocycles. The zero-order valence-electron chi connectivity index (χ0n) is 19.3. The van der Waals surface area contributed by atoms with E-state index in [-0.39, 0.29) is 23.8 Å². The molecule has 1 amide bonds. The second kappa shape index (κ2) is 9.57. The number of amides is 1. The lowest BCUT2D eigenvalue weighted by Gasteiger charge is -2.37. The Morgan fingerprint density at radius 1 is 1.17 bits per heavy atom. The highest BCUT2D eigenvalue weighted by Gasteiger charge is 2.30. The summed E-state index contributed by atoms with van der Waals surface area (Å²) >= 11 is 0. The fourth-order valence-electron chi connectivity index (χ4n) is 4.36. The average molecular weight is 474 g/mol. The number of piperidine rings is 1. The molecule has 1 aliphatic rings. The first-order valence-corrected chi connectivity index (χ1v) is 11.4. The van der Waals surface area contributed by atoms with E-state index >= 15 is 0 Å². The third kappa shape index (κ3) is 5.01. The first-order valence-electron chi connectivity index (χ1n) is 11.4. The number of nitrogens with zero attached hydrogens (tertiary/aromatic N) is 6. The molecule has 9 nitrogen and oxygen atoms in total. The second-order valence-electron chi connectivity index (χ2n) is 8.63. The van der Waals surface area contributed by atoms with Crippen LogP contribution in [0.25, 0.3) is 22.7 Å². The van der Waals surface area contributed by atoms with Crippen LogP contribution >= 0.6 is 0 Å². The summed E-state index contributed by atoms with van der Waals surface area (Å²) in [6.45, 7) is 4.19. The molecule has 2 atom stereocenters. The van der Waals surface area contributed by atoms with Crippen LogP contribution < -0.4 is 5.32 Å². The van der Waals surface area contributed by atoms with Gasteiger partial charge in [0.05, 0.1) is 5.69 Å². The number of pyridine rings is 1. The molecular formula is C25H24FN7O2. The largest absolute Gasteiger partial charge is 0.423 e. The maximum Gasteiger partial charge on any atom is 0.247 e. The molecule has 4 aromatic rings. The number of carbonyl (C=O) groups is 1. The summed E-state index contributed by atoms with van der Waals surface area (Å²) in [5, 5.41) is 10.7. The molecule has 0 radical (unpaired) electrons. The summed E-state index contributed by atoms with van der Waals surface area (Å²) in [5.74, 6) is 0.909. The van der Waals surface area contributed by atoms with E-state index in [0.29, 0.717) is 35.1 Å². The van der Waals surface area contributed by atoms with Crippen molar-refractivity contribution in [1.82, 2.24) is 30.0 Å². The highest BCUT2D eigenvalue weighted by Crippen LogP contribution is 2.32. The normalized spacial score (nSPS) is 17.9. The van der Waals surface area contributed by atoms with Crippen LogP contribution in [-0.4, -0.2) is 48.5 Å². The van der Waals surface area contributed by atoms with E-state index in [4.69, 9.17) is 14.4 Å². The van der Waals surface area contributed by atoms with Crippen molar-refractivity contribution in [3.8, 4) is 22.7 Å². The van der Waals surface area contributed by atoms with E-state index in [1.165, 1.54) is 18.5 Å². The Bertz CT molecular complexity index is 1330. The number of hydrogen-bond acceptors (Lipinski definition) is 8. The molecule has 0 aliphatic carbocycles. The molecule has 1 aliphatic heterocycles. The van der Waals surface area contributed by atoms with Crippen molar-refractivity contribution in [3.63, 3.8) is 0 Å². The molecule has 0 saturated carbocycles. The highest BCUT2D eigenvalue weighted by atomic mass is 19.1.